The monoisotopic (exact) mass is 423 g/mol. The highest BCUT2D eigenvalue weighted by Crippen LogP contribution is 2.25. The number of aryl methyl sites for hydroxylation is 1. The molecule has 30 heavy (non-hydrogen) atoms. The fourth-order valence-electron chi connectivity index (χ4n) is 3.47. The van der Waals surface area contributed by atoms with E-state index in [1.807, 2.05) is 24.5 Å². The molecule has 0 saturated carbocycles. The van der Waals surface area contributed by atoms with E-state index in [-0.39, 0.29) is 23.0 Å². The third kappa shape index (κ3) is 3.57. The van der Waals surface area contributed by atoms with Gasteiger partial charge in [-0.2, -0.15) is 0 Å². The summed E-state index contributed by atoms with van der Waals surface area (Å²) in [5.74, 6) is -0.810. The molecule has 0 bridgehead atoms. The molecule has 1 N–H and O–H groups in total. The number of thiocarbonyl (C=S) groups is 1. The Kier molecular flexibility index (Phi) is 5.09. The Labute approximate surface area is 177 Å². The van der Waals surface area contributed by atoms with Gasteiger partial charge in [-0.05, 0) is 80.2 Å². The molecule has 3 aromatic rings. The molecule has 2 aromatic heterocycles. The van der Waals surface area contributed by atoms with Crippen molar-refractivity contribution in [1.82, 2.24) is 14.8 Å². The largest absolute Gasteiger partial charge is 0.467 e. The maximum Gasteiger partial charge on any atom is 0.266 e. The molecule has 4 rings (SSSR count). The third-order valence-electron chi connectivity index (χ3n) is 4.93. The number of hydrogen-bond acceptors (Lipinski definition) is 4. The van der Waals surface area contributed by atoms with Crippen molar-refractivity contribution < 1.29 is 18.4 Å². The van der Waals surface area contributed by atoms with Gasteiger partial charge in [0.25, 0.3) is 11.8 Å². The molecule has 0 unspecified atom stereocenters. The molecule has 0 spiro atoms. The van der Waals surface area contributed by atoms with E-state index in [4.69, 9.17) is 16.6 Å². The van der Waals surface area contributed by atoms with Gasteiger partial charge in [-0.1, -0.05) is 0 Å². The summed E-state index contributed by atoms with van der Waals surface area (Å²) in [6, 6.07) is 11.4. The minimum Gasteiger partial charge on any atom is -0.467 e. The van der Waals surface area contributed by atoms with Gasteiger partial charge in [-0.25, -0.2) is 4.39 Å². The van der Waals surface area contributed by atoms with Gasteiger partial charge in [-0.3, -0.25) is 19.8 Å². The van der Waals surface area contributed by atoms with Crippen molar-refractivity contribution in [3.63, 3.8) is 0 Å². The number of amides is 2. The second kappa shape index (κ2) is 7.72. The summed E-state index contributed by atoms with van der Waals surface area (Å²) >= 11 is 5.17. The molecule has 8 heteroatoms. The molecule has 1 fully saturated rings. The topological polar surface area (TPSA) is 67.5 Å². The van der Waals surface area contributed by atoms with E-state index in [1.54, 1.807) is 30.3 Å². The van der Waals surface area contributed by atoms with Crippen LogP contribution < -0.4 is 5.32 Å². The van der Waals surface area contributed by atoms with Crippen molar-refractivity contribution in [3.8, 4) is 5.69 Å². The van der Waals surface area contributed by atoms with Crippen LogP contribution in [0.25, 0.3) is 11.8 Å². The van der Waals surface area contributed by atoms with E-state index in [0.717, 1.165) is 17.1 Å². The van der Waals surface area contributed by atoms with E-state index in [9.17, 15) is 14.0 Å². The van der Waals surface area contributed by atoms with Crippen LogP contribution in [0.3, 0.4) is 0 Å². The molecule has 3 heterocycles. The highest BCUT2D eigenvalue weighted by Gasteiger charge is 2.34. The minimum absolute atomic E-state index is 0.0190. The Balaban J connectivity index is 1.70. The van der Waals surface area contributed by atoms with Gasteiger partial charge in [0, 0.05) is 17.1 Å². The van der Waals surface area contributed by atoms with Gasteiger partial charge in [-0.15, -0.1) is 0 Å². The Morgan fingerprint density at radius 3 is 2.57 bits per heavy atom. The Morgan fingerprint density at radius 1 is 1.17 bits per heavy atom. The zero-order chi connectivity index (χ0) is 21.4. The van der Waals surface area contributed by atoms with Crippen LogP contribution in [0.2, 0.25) is 0 Å². The molecule has 1 saturated heterocycles. The smallest absolute Gasteiger partial charge is 0.266 e. The lowest BCUT2D eigenvalue weighted by molar-refractivity contribution is -0.129. The van der Waals surface area contributed by atoms with E-state index in [0.29, 0.717) is 11.3 Å². The number of aromatic nitrogens is 1. The van der Waals surface area contributed by atoms with Gasteiger partial charge < -0.3 is 8.98 Å². The van der Waals surface area contributed by atoms with E-state index in [1.165, 1.54) is 23.3 Å². The second-order valence-corrected chi connectivity index (χ2v) is 7.31. The molecule has 0 atom stereocenters. The summed E-state index contributed by atoms with van der Waals surface area (Å²) in [5, 5.41) is 2.60. The molecule has 1 aliphatic rings. The number of furan rings is 1. The average molecular weight is 423 g/mol. The standard InChI is InChI=1S/C22H18FN3O3S/c1-13-10-15(14(2)26(13)17-7-5-16(23)6-8-17)11-19-20(27)24-22(30)25(21(19)28)12-18-4-3-9-29-18/h3-11H,12H2,1-2H3,(H,24,27,30)/b19-11+. The second-order valence-electron chi connectivity index (χ2n) is 6.93. The summed E-state index contributed by atoms with van der Waals surface area (Å²) < 4.78 is 20.5. The summed E-state index contributed by atoms with van der Waals surface area (Å²) in [5.41, 5.74) is 3.18. The van der Waals surface area contributed by atoms with E-state index < -0.39 is 11.8 Å². The first-order valence-corrected chi connectivity index (χ1v) is 9.62. The van der Waals surface area contributed by atoms with Crippen molar-refractivity contribution in [2.75, 3.05) is 0 Å². The summed E-state index contributed by atoms with van der Waals surface area (Å²) in [6.45, 7) is 3.90. The Bertz CT molecular complexity index is 1180. The van der Waals surface area contributed by atoms with Crippen molar-refractivity contribution >= 4 is 35.2 Å². The molecule has 6 nitrogen and oxygen atoms in total. The van der Waals surface area contributed by atoms with Gasteiger partial charge in [0.15, 0.2) is 5.11 Å². The molecule has 0 aliphatic carbocycles. The van der Waals surface area contributed by atoms with Crippen molar-refractivity contribution in [2.45, 2.75) is 20.4 Å². The number of nitrogens with zero attached hydrogens (tertiary/aromatic N) is 2. The van der Waals surface area contributed by atoms with Crippen LogP contribution in [-0.4, -0.2) is 26.4 Å². The van der Waals surface area contributed by atoms with Crippen LogP contribution in [0.4, 0.5) is 4.39 Å². The molecule has 1 aromatic carbocycles. The van der Waals surface area contributed by atoms with Gasteiger partial charge in [0.05, 0.1) is 12.8 Å². The maximum absolute atomic E-state index is 13.3. The van der Waals surface area contributed by atoms with Crippen molar-refractivity contribution in [3.05, 3.63) is 82.8 Å². The first-order valence-electron chi connectivity index (χ1n) is 9.21. The first kappa shape index (κ1) is 19.8. The molecule has 0 radical (unpaired) electrons. The SMILES string of the molecule is Cc1cc(/C=C2\C(=O)NC(=S)N(Cc3ccco3)C2=O)c(C)n1-c1ccc(F)cc1. The van der Waals surface area contributed by atoms with Crippen LogP contribution in [0, 0.1) is 19.7 Å². The quantitative estimate of drug-likeness (QED) is 0.395. The Morgan fingerprint density at radius 2 is 1.90 bits per heavy atom. The molecule has 1 aliphatic heterocycles. The number of carbonyl (C=O) groups is 2. The fourth-order valence-corrected chi connectivity index (χ4v) is 3.71. The summed E-state index contributed by atoms with van der Waals surface area (Å²) in [6.07, 6.45) is 3.06. The average Bonchev–Trinajstić information content (AvgIpc) is 3.31. The minimum atomic E-state index is -0.549. The van der Waals surface area contributed by atoms with Crippen LogP contribution >= 0.6 is 12.2 Å². The number of carbonyl (C=O) groups excluding carboxylic acids is 2. The maximum atomic E-state index is 13.3. The zero-order valence-corrected chi connectivity index (χ0v) is 17.1. The predicted molar refractivity (Wildman–Crippen MR) is 113 cm³/mol. The molecular formula is C22H18FN3O3S. The predicted octanol–water partition coefficient (Wildman–Crippen LogP) is 3.65. The molecule has 2 amide bonds. The van der Waals surface area contributed by atoms with Crippen LogP contribution in [0.15, 0.2) is 58.7 Å². The summed E-state index contributed by atoms with van der Waals surface area (Å²) in [7, 11) is 0. The normalized spacial score (nSPS) is 15.8. The lowest BCUT2D eigenvalue weighted by atomic mass is 10.1. The van der Waals surface area contributed by atoms with E-state index >= 15 is 0 Å². The highest BCUT2D eigenvalue weighted by molar-refractivity contribution is 7.80. The first-order chi connectivity index (χ1) is 14.3. The van der Waals surface area contributed by atoms with Crippen LogP contribution in [0.5, 0.6) is 0 Å². The molecule has 152 valence electrons. The van der Waals surface area contributed by atoms with Crippen LogP contribution in [0.1, 0.15) is 22.7 Å². The van der Waals surface area contributed by atoms with Gasteiger partial charge >= 0.3 is 0 Å². The highest BCUT2D eigenvalue weighted by atomic mass is 32.1. The zero-order valence-electron chi connectivity index (χ0n) is 16.3. The third-order valence-corrected chi connectivity index (χ3v) is 5.26. The fraction of sp³-hybridized carbons (Fsp3) is 0.136. The Hall–Kier alpha value is -3.52. The van der Waals surface area contributed by atoms with Crippen molar-refractivity contribution in [1.29, 1.82) is 0 Å². The number of rotatable bonds is 4. The van der Waals surface area contributed by atoms with Gasteiger partial charge in [0.1, 0.15) is 17.2 Å². The molecular weight excluding hydrogens is 405 g/mol. The lowest BCUT2D eigenvalue weighted by Crippen LogP contribution is -2.53. The van der Waals surface area contributed by atoms with E-state index in [2.05, 4.69) is 5.32 Å². The lowest BCUT2D eigenvalue weighted by Gasteiger charge is -2.28. The summed E-state index contributed by atoms with van der Waals surface area (Å²) in [4.78, 5) is 26.8. The number of hydrogen-bond donors (Lipinski definition) is 1. The number of benzene rings is 1. The van der Waals surface area contributed by atoms with Crippen molar-refractivity contribution in [2.24, 2.45) is 0 Å². The van der Waals surface area contributed by atoms with Crippen LogP contribution in [-0.2, 0) is 16.1 Å². The van der Waals surface area contributed by atoms with Gasteiger partial charge in [0.2, 0.25) is 0 Å². The number of nitrogens with one attached hydrogen (secondary N) is 1. The number of halogens is 1.